The van der Waals surface area contributed by atoms with Crippen LogP contribution in [0, 0.1) is 5.82 Å². The first-order chi connectivity index (χ1) is 12.7. The number of benzene rings is 2. The summed E-state index contributed by atoms with van der Waals surface area (Å²) in [5, 5.41) is 2.88. The molecule has 0 aromatic heterocycles. The number of carbonyl (C=O) groups is 1. The summed E-state index contributed by atoms with van der Waals surface area (Å²) >= 11 is 0. The molecule has 1 amide bonds. The standard InChI is InChI=1S/C19H19FN2O4/c1-24-15-8-12(9-16-18(15)26-11-25-16)10-22-7-6-21-19(23)17(22)13-2-4-14(20)5-3-13/h2-5,8-9,17H,6-7,10-11H2,1H3,(H,21,23). The smallest absolute Gasteiger partial charge is 0.242 e. The van der Waals surface area contributed by atoms with Crippen LogP contribution in [0.1, 0.15) is 17.2 Å². The molecule has 136 valence electrons. The van der Waals surface area contributed by atoms with Gasteiger partial charge in [0.15, 0.2) is 11.5 Å². The van der Waals surface area contributed by atoms with Gasteiger partial charge in [0, 0.05) is 19.6 Å². The maximum Gasteiger partial charge on any atom is 0.242 e. The van der Waals surface area contributed by atoms with Crippen molar-refractivity contribution >= 4 is 5.91 Å². The van der Waals surface area contributed by atoms with E-state index in [1.54, 1.807) is 19.2 Å². The van der Waals surface area contributed by atoms with Crippen LogP contribution in [-0.4, -0.2) is 37.8 Å². The minimum Gasteiger partial charge on any atom is -0.493 e. The second kappa shape index (κ2) is 6.84. The van der Waals surface area contributed by atoms with E-state index in [4.69, 9.17) is 14.2 Å². The van der Waals surface area contributed by atoms with E-state index in [1.807, 2.05) is 12.1 Å². The van der Waals surface area contributed by atoms with Crippen molar-refractivity contribution in [1.82, 2.24) is 10.2 Å². The van der Waals surface area contributed by atoms with E-state index in [2.05, 4.69) is 10.2 Å². The van der Waals surface area contributed by atoms with Gasteiger partial charge in [0.05, 0.1) is 7.11 Å². The third-order valence-corrected chi connectivity index (χ3v) is 4.60. The van der Waals surface area contributed by atoms with E-state index in [1.165, 1.54) is 12.1 Å². The first-order valence-corrected chi connectivity index (χ1v) is 8.39. The quantitative estimate of drug-likeness (QED) is 0.908. The molecule has 0 spiro atoms. The predicted octanol–water partition coefficient (Wildman–Crippen LogP) is 2.24. The van der Waals surface area contributed by atoms with Crippen molar-refractivity contribution in [2.75, 3.05) is 27.0 Å². The Hall–Kier alpha value is -2.80. The van der Waals surface area contributed by atoms with Gasteiger partial charge in [-0.1, -0.05) is 12.1 Å². The fourth-order valence-electron chi connectivity index (χ4n) is 3.40. The van der Waals surface area contributed by atoms with E-state index in [0.29, 0.717) is 36.9 Å². The third kappa shape index (κ3) is 3.06. The number of fused-ring (bicyclic) bond motifs is 1. The lowest BCUT2D eigenvalue weighted by molar-refractivity contribution is -0.129. The van der Waals surface area contributed by atoms with Crippen molar-refractivity contribution < 1.29 is 23.4 Å². The molecule has 1 saturated heterocycles. The highest BCUT2D eigenvalue weighted by Gasteiger charge is 2.31. The summed E-state index contributed by atoms with van der Waals surface area (Å²) in [6.07, 6.45) is 0. The van der Waals surface area contributed by atoms with E-state index in [-0.39, 0.29) is 18.5 Å². The lowest BCUT2D eigenvalue weighted by Gasteiger charge is -2.35. The van der Waals surface area contributed by atoms with Gasteiger partial charge in [-0.05, 0) is 35.4 Å². The number of hydrogen-bond donors (Lipinski definition) is 1. The van der Waals surface area contributed by atoms with Crippen molar-refractivity contribution in [2.24, 2.45) is 0 Å². The zero-order valence-electron chi connectivity index (χ0n) is 14.3. The summed E-state index contributed by atoms with van der Waals surface area (Å²) < 4.78 is 29.5. The van der Waals surface area contributed by atoms with Gasteiger partial charge in [0.1, 0.15) is 11.9 Å². The van der Waals surface area contributed by atoms with E-state index < -0.39 is 6.04 Å². The largest absolute Gasteiger partial charge is 0.493 e. The van der Waals surface area contributed by atoms with Gasteiger partial charge < -0.3 is 19.5 Å². The Labute approximate surface area is 150 Å². The SMILES string of the molecule is COc1cc(CN2CCNC(=O)C2c2ccc(F)cc2)cc2c1OCO2. The van der Waals surface area contributed by atoms with Crippen LogP contribution in [0.2, 0.25) is 0 Å². The number of ether oxygens (including phenoxy) is 3. The monoisotopic (exact) mass is 358 g/mol. The van der Waals surface area contributed by atoms with Gasteiger partial charge in [-0.2, -0.15) is 0 Å². The van der Waals surface area contributed by atoms with Crippen molar-refractivity contribution in [1.29, 1.82) is 0 Å². The Balaban J connectivity index is 1.63. The molecule has 2 aromatic carbocycles. The molecule has 2 aromatic rings. The molecule has 0 saturated carbocycles. The molecule has 1 fully saturated rings. The molecule has 4 rings (SSSR count). The highest BCUT2D eigenvalue weighted by atomic mass is 19.1. The average Bonchev–Trinajstić information content (AvgIpc) is 3.11. The van der Waals surface area contributed by atoms with Crippen molar-refractivity contribution in [2.45, 2.75) is 12.6 Å². The minimum atomic E-state index is -0.472. The Kier molecular flexibility index (Phi) is 4.38. The molecule has 2 aliphatic rings. The van der Waals surface area contributed by atoms with Crippen molar-refractivity contribution in [3.05, 3.63) is 53.3 Å². The molecular formula is C19H19FN2O4. The number of amides is 1. The molecule has 1 atom stereocenters. The van der Waals surface area contributed by atoms with Crippen LogP contribution in [0.3, 0.4) is 0 Å². The number of nitrogens with one attached hydrogen (secondary N) is 1. The van der Waals surface area contributed by atoms with Gasteiger partial charge in [0.2, 0.25) is 18.4 Å². The highest BCUT2D eigenvalue weighted by molar-refractivity contribution is 5.83. The number of nitrogens with zero attached hydrogens (tertiary/aromatic N) is 1. The summed E-state index contributed by atoms with van der Waals surface area (Å²) in [5.41, 5.74) is 1.71. The minimum absolute atomic E-state index is 0.0874. The molecule has 1 N–H and O–H groups in total. The second-order valence-corrected chi connectivity index (χ2v) is 6.25. The van der Waals surface area contributed by atoms with Crippen LogP contribution < -0.4 is 19.5 Å². The van der Waals surface area contributed by atoms with Crippen LogP contribution in [-0.2, 0) is 11.3 Å². The van der Waals surface area contributed by atoms with Gasteiger partial charge in [-0.25, -0.2) is 4.39 Å². The molecule has 26 heavy (non-hydrogen) atoms. The predicted molar refractivity (Wildman–Crippen MR) is 91.7 cm³/mol. The topological polar surface area (TPSA) is 60.0 Å². The zero-order chi connectivity index (χ0) is 18.1. The maximum atomic E-state index is 13.3. The highest BCUT2D eigenvalue weighted by Crippen LogP contribution is 2.42. The van der Waals surface area contributed by atoms with Crippen LogP contribution in [0.15, 0.2) is 36.4 Å². The van der Waals surface area contributed by atoms with Crippen molar-refractivity contribution in [3.63, 3.8) is 0 Å². The number of hydrogen-bond acceptors (Lipinski definition) is 5. The first-order valence-electron chi connectivity index (χ1n) is 8.39. The Morgan fingerprint density at radius 1 is 1.27 bits per heavy atom. The normalized spacial score (nSPS) is 19.3. The zero-order valence-corrected chi connectivity index (χ0v) is 14.3. The summed E-state index contributed by atoms with van der Waals surface area (Å²) in [4.78, 5) is 14.5. The van der Waals surface area contributed by atoms with E-state index >= 15 is 0 Å². The number of halogens is 1. The van der Waals surface area contributed by atoms with Crippen LogP contribution in [0.5, 0.6) is 17.2 Å². The summed E-state index contributed by atoms with van der Waals surface area (Å²) in [6.45, 7) is 1.95. The van der Waals surface area contributed by atoms with Gasteiger partial charge in [-0.3, -0.25) is 9.69 Å². The number of rotatable bonds is 4. The van der Waals surface area contributed by atoms with E-state index in [9.17, 15) is 9.18 Å². The van der Waals surface area contributed by atoms with Crippen molar-refractivity contribution in [3.8, 4) is 17.2 Å². The Morgan fingerprint density at radius 2 is 2.08 bits per heavy atom. The summed E-state index contributed by atoms with van der Waals surface area (Å²) in [6, 6.07) is 9.37. The van der Waals surface area contributed by atoms with Crippen LogP contribution >= 0.6 is 0 Å². The van der Waals surface area contributed by atoms with Gasteiger partial charge >= 0.3 is 0 Å². The van der Waals surface area contributed by atoms with E-state index in [0.717, 1.165) is 11.1 Å². The van der Waals surface area contributed by atoms with Crippen LogP contribution in [0.25, 0.3) is 0 Å². The molecule has 2 heterocycles. The molecule has 0 bridgehead atoms. The number of methoxy groups -OCH3 is 1. The molecule has 2 aliphatic heterocycles. The lowest BCUT2D eigenvalue weighted by atomic mass is 10.0. The maximum absolute atomic E-state index is 13.3. The van der Waals surface area contributed by atoms with Gasteiger partial charge in [0.25, 0.3) is 0 Å². The molecular weight excluding hydrogens is 339 g/mol. The Morgan fingerprint density at radius 3 is 2.85 bits per heavy atom. The molecule has 0 radical (unpaired) electrons. The molecule has 0 aliphatic carbocycles. The average molecular weight is 358 g/mol. The molecule has 6 nitrogen and oxygen atoms in total. The lowest BCUT2D eigenvalue weighted by Crippen LogP contribution is -2.49. The molecule has 1 unspecified atom stereocenters. The van der Waals surface area contributed by atoms with Crippen LogP contribution in [0.4, 0.5) is 4.39 Å². The second-order valence-electron chi connectivity index (χ2n) is 6.25. The Bertz CT molecular complexity index is 825. The fourth-order valence-corrected chi connectivity index (χ4v) is 3.40. The van der Waals surface area contributed by atoms with Gasteiger partial charge in [-0.15, -0.1) is 0 Å². The number of piperazine rings is 1. The third-order valence-electron chi connectivity index (χ3n) is 4.60. The molecule has 7 heteroatoms. The number of carbonyl (C=O) groups excluding carboxylic acids is 1. The fraction of sp³-hybridized carbons (Fsp3) is 0.316. The summed E-state index contributed by atoms with van der Waals surface area (Å²) in [5.74, 6) is 1.43. The summed E-state index contributed by atoms with van der Waals surface area (Å²) in [7, 11) is 1.58. The first kappa shape index (κ1) is 16.7.